The molecule has 0 unspecified atom stereocenters. The van der Waals surface area contributed by atoms with E-state index in [9.17, 15) is 4.79 Å². The second-order valence-electron chi connectivity index (χ2n) is 5.70. The third-order valence-corrected chi connectivity index (χ3v) is 4.70. The Morgan fingerprint density at radius 1 is 1.33 bits per heavy atom. The van der Waals surface area contributed by atoms with Gasteiger partial charge in [-0.3, -0.25) is 0 Å². The average molecular weight is 265 g/mol. The van der Waals surface area contributed by atoms with Gasteiger partial charge in [0.1, 0.15) is 6.29 Å². The highest BCUT2D eigenvalue weighted by molar-refractivity contribution is 7.07. The molecule has 0 N–H and O–H groups in total. The lowest BCUT2D eigenvalue weighted by molar-refractivity contribution is -0.118. The molecule has 0 saturated heterocycles. The van der Waals surface area contributed by atoms with Gasteiger partial charge in [-0.05, 0) is 42.3 Å². The van der Waals surface area contributed by atoms with Crippen LogP contribution in [0.5, 0.6) is 0 Å². The maximum Gasteiger partial charge on any atom is 0.127 e. The summed E-state index contributed by atoms with van der Waals surface area (Å²) in [4.78, 5) is 13.9. The van der Waals surface area contributed by atoms with Gasteiger partial charge < -0.3 is 9.69 Å². The first kappa shape index (κ1) is 13.8. The van der Waals surface area contributed by atoms with Crippen molar-refractivity contribution in [3.63, 3.8) is 0 Å². The Balaban J connectivity index is 1.94. The van der Waals surface area contributed by atoms with Gasteiger partial charge in [0.25, 0.3) is 0 Å². The molecule has 1 aromatic rings. The quantitative estimate of drug-likeness (QED) is 0.597. The number of carbonyl (C=O) groups is 1. The van der Waals surface area contributed by atoms with Gasteiger partial charge in [-0.15, -0.1) is 0 Å². The zero-order valence-electron chi connectivity index (χ0n) is 11.2. The molecule has 0 amide bonds. The number of thiophene rings is 1. The average Bonchev–Trinajstić information content (AvgIpc) is 2.74. The van der Waals surface area contributed by atoms with Crippen LogP contribution in [0.2, 0.25) is 0 Å². The van der Waals surface area contributed by atoms with E-state index in [-0.39, 0.29) is 5.41 Å². The molecule has 2 rings (SSSR count). The topological polar surface area (TPSA) is 20.3 Å². The normalized spacial score (nSPS) is 19.7. The molecule has 1 saturated carbocycles. The van der Waals surface area contributed by atoms with E-state index in [1.807, 2.05) is 0 Å². The van der Waals surface area contributed by atoms with Gasteiger partial charge in [0.2, 0.25) is 0 Å². The van der Waals surface area contributed by atoms with E-state index >= 15 is 0 Å². The van der Waals surface area contributed by atoms with Crippen molar-refractivity contribution in [1.29, 1.82) is 0 Å². The fraction of sp³-hybridized carbons (Fsp3) is 0.667. The number of rotatable bonds is 5. The van der Waals surface area contributed by atoms with Crippen LogP contribution >= 0.6 is 11.3 Å². The summed E-state index contributed by atoms with van der Waals surface area (Å²) in [5.41, 5.74) is 1.28. The van der Waals surface area contributed by atoms with Crippen molar-refractivity contribution >= 4 is 17.6 Å². The van der Waals surface area contributed by atoms with Crippen molar-refractivity contribution in [2.24, 2.45) is 5.41 Å². The number of carbonyl (C=O) groups excluding carboxylic acids is 1. The summed E-state index contributed by atoms with van der Waals surface area (Å²) < 4.78 is 0. The van der Waals surface area contributed by atoms with Crippen LogP contribution in [-0.4, -0.2) is 24.8 Å². The number of hydrogen-bond acceptors (Lipinski definition) is 3. The van der Waals surface area contributed by atoms with Crippen molar-refractivity contribution in [2.45, 2.75) is 45.1 Å². The second kappa shape index (κ2) is 6.48. The lowest BCUT2D eigenvalue weighted by Gasteiger charge is -2.31. The highest BCUT2D eigenvalue weighted by Crippen LogP contribution is 2.34. The molecule has 0 atom stereocenters. The van der Waals surface area contributed by atoms with Crippen molar-refractivity contribution in [3.8, 4) is 0 Å². The zero-order valence-corrected chi connectivity index (χ0v) is 12.0. The summed E-state index contributed by atoms with van der Waals surface area (Å²) in [5.74, 6) is 0. The second-order valence-corrected chi connectivity index (χ2v) is 6.48. The summed E-state index contributed by atoms with van der Waals surface area (Å²) in [6.07, 6.45) is 8.40. The standard InChI is InChI=1S/C15H23NOS/c1-16(10-14-6-9-18-11-14)12-15(13-17)7-4-2-3-5-8-15/h6,9,11,13H,2-5,7-8,10,12H2,1H3. The molecule has 1 aliphatic rings. The predicted molar refractivity (Wildman–Crippen MR) is 76.9 cm³/mol. The van der Waals surface area contributed by atoms with Gasteiger partial charge in [0.15, 0.2) is 0 Å². The smallest absolute Gasteiger partial charge is 0.127 e. The van der Waals surface area contributed by atoms with E-state index in [1.54, 1.807) is 11.3 Å². The summed E-state index contributed by atoms with van der Waals surface area (Å²) in [6.45, 7) is 1.87. The summed E-state index contributed by atoms with van der Waals surface area (Å²) in [5, 5.41) is 4.31. The maximum absolute atomic E-state index is 11.5. The summed E-state index contributed by atoms with van der Waals surface area (Å²) >= 11 is 1.74. The molecule has 0 bridgehead atoms. The number of hydrogen-bond donors (Lipinski definition) is 0. The molecule has 0 radical (unpaired) electrons. The van der Waals surface area contributed by atoms with Crippen molar-refractivity contribution < 1.29 is 4.79 Å². The van der Waals surface area contributed by atoms with Gasteiger partial charge in [0.05, 0.1) is 0 Å². The third kappa shape index (κ3) is 3.66. The molecule has 1 aromatic heterocycles. The van der Waals surface area contributed by atoms with Gasteiger partial charge in [0, 0.05) is 18.5 Å². The van der Waals surface area contributed by atoms with Crippen LogP contribution in [0, 0.1) is 5.41 Å². The molecule has 2 nitrogen and oxygen atoms in total. The van der Waals surface area contributed by atoms with Gasteiger partial charge >= 0.3 is 0 Å². The van der Waals surface area contributed by atoms with Crippen LogP contribution in [0.1, 0.15) is 44.1 Å². The molecule has 3 heteroatoms. The van der Waals surface area contributed by atoms with E-state index < -0.39 is 0 Å². The Morgan fingerprint density at radius 3 is 2.61 bits per heavy atom. The molecule has 18 heavy (non-hydrogen) atoms. The van der Waals surface area contributed by atoms with E-state index in [0.717, 1.165) is 25.9 Å². The molecule has 1 heterocycles. The Hall–Kier alpha value is -0.670. The highest BCUT2D eigenvalue weighted by atomic mass is 32.1. The Kier molecular flexibility index (Phi) is 4.95. The fourth-order valence-electron chi connectivity index (χ4n) is 3.03. The molecule has 1 aliphatic carbocycles. The van der Waals surface area contributed by atoms with E-state index in [1.165, 1.54) is 37.5 Å². The van der Waals surface area contributed by atoms with Crippen LogP contribution in [0.4, 0.5) is 0 Å². The van der Waals surface area contributed by atoms with Crippen LogP contribution in [0.25, 0.3) is 0 Å². The largest absolute Gasteiger partial charge is 0.303 e. The molecule has 1 fully saturated rings. The minimum atomic E-state index is -0.0821. The highest BCUT2D eigenvalue weighted by Gasteiger charge is 2.31. The van der Waals surface area contributed by atoms with Crippen molar-refractivity contribution in [2.75, 3.05) is 13.6 Å². The summed E-state index contributed by atoms with van der Waals surface area (Å²) in [6, 6.07) is 2.17. The molecule has 100 valence electrons. The summed E-state index contributed by atoms with van der Waals surface area (Å²) in [7, 11) is 2.13. The Bertz CT molecular complexity index is 353. The van der Waals surface area contributed by atoms with E-state index in [4.69, 9.17) is 0 Å². The van der Waals surface area contributed by atoms with Gasteiger partial charge in [-0.2, -0.15) is 11.3 Å². The monoisotopic (exact) mass is 265 g/mol. The predicted octanol–water partition coefficient (Wildman–Crippen LogP) is 3.72. The maximum atomic E-state index is 11.5. The van der Waals surface area contributed by atoms with Crippen LogP contribution in [0.15, 0.2) is 16.8 Å². The number of nitrogens with zero attached hydrogens (tertiary/aromatic N) is 1. The third-order valence-electron chi connectivity index (χ3n) is 3.97. The molecule has 0 spiro atoms. The Morgan fingerprint density at radius 2 is 2.06 bits per heavy atom. The zero-order chi connectivity index (χ0) is 12.8. The van der Waals surface area contributed by atoms with Crippen LogP contribution in [-0.2, 0) is 11.3 Å². The van der Waals surface area contributed by atoms with Crippen molar-refractivity contribution in [1.82, 2.24) is 4.90 Å². The molecular weight excluding hydrogens is 242 g/mol. The first-order chi connectivity index (χ1) is 8.74. The molecule has 0 aliphatic heterocycles. The first-order valence-corrected chi connectivity index (χ1v) is 7.84. The minimum Gasteiger partial charge on any atom is -0.303 e. The van der Waals surface area contributed by atoms with Gasteiger partial charge in [-0.1, -0.05) is 25.7 Å². The lowest BCUT2D eigenvalue weighted by atomic mass is 9.81. The fourth-order valence-corrected chi connectivity index (χ4v) is 3.69. The van der Waals surface area contributed by atoms with Crippen LogP contribution in [0.3, 0.4) is 0 Å². The van der Waals surface area contributed by atoms with E-state index in [2.05, 4.69) is 28.8 Å². The van der Waals surface area contributed by atoms with Crippen LogP contribution < -0.4 is 0 Å². The SMILES string of the molecule is CN(Cc1ccsc1)CC1(C=O)CCCCCC1. The minimum absolute atomic E-state index is 0.0821. The molecule has 0 aromatic carbocycles. The lowest BCUT2D eigenvalue weighted by Crippen LogP contribution is -2.36. The number of aldehydes is 1. The van der Waals surface area contributed by atoms with Crippen molar-refractivity contribution in [3.05, 3.63) is 22.4 Å². The first-order valence-electron chi connectivity index (χ1n) is 6.90. The van der Waals surface area contributed by atoms with Gasteiger partial charge in [-0.25, -0.2) is 0 Å². The molecular formula is C15H23NOS. The Labute approximate surface area is 114 Å². The van der Waals surface area contributed by atoms with E-state index in [0.29, 0.717) is 0 Å².